The smallest absolute Gasteiger partial charge is 0.339 e. The molecule has 1 aromatic carbocycles. The SMILES string of the molecule is O=C(O)CC[C@@H](C(=O)N[C@@H](Cc1ccc(O)cc1)C(=O)O)n1cc([N+](=O)[O-])c(=O)c([N+](=O)[O-])c1. The number of carbonyl (C=O) groups is 3. The summed E-state index contributed by atoms with van der Waals surface area (Å²) in [6, 6.07) is 2.25. The molecule has 0 fully saturated rings. The molecule has 0 aliphatic rings. The molecule has 2 atom stereocenters. The maximum atomic E-state index is 12.9. The highest BCUT2D eigenvalue weighted by atomic mass is 16.6. The Morgan fingerprint density at radius 3 is 1.97 bits per heavy atom. The van der Waals surface area contributed by atoms with Gasteiger partial charge in [-0.05, 0) is 24.1 Å². The van der Waals surface area contributed by atoms with Gasteiger partial charge in [-0.25, -0.2) is 4.79 Å². The zero-order valence-electron chi connectivity index (χ0n) is 17.2. The van der Waals surface area contributed by atoms with Gasteiger partial charge in [0.15, 0.2) is 0 Å². The van der Waals surface area contributed by atoms with Crippen molar-refractivity contribution in [1.29, 1.82) is 0 Å². The monoisotopic (exact) mass is 478 g/mol. The average Bonchev–Trinajstić information content (AvgIpc) is 2.74. The van der Waals surface area contributed by atoms with Crippen molar-refractivity contribution in [3.05, 3.63) is 72.7 Å². The van der Waals surface area contributed by atoms with Crippen molar-refractivity contribution in [2.45, 2.75) is 31.3 Å². The number of aromatic hydroxyl groups is 1. The van der Waals surface area contributed by atoms with Gasteiger partial charge in [0.25, 0.3) is 0 Å². The number of carboxylic acid groups (broad SMARTS) is 2. The number of phenolic OH excluding ortho intramolecular Hbond substituents is 1. The van der Waals surface area contributed by atoms with E-state index in [0.717, 1.165) is 0 Å². The highest BCUT2D eigenvalue weighted by Gasteiger charge is 2.31. The molecule has 0 aliphatic carbocycles. The van der Waals surface area contributed by atoms with E-state index in [4.69, 9.17) is 5.11 Å². The number of rotatable bonds is 11. The summed E-state index contributed by atoms with van der Waals surface area (Å²) in [6.07, 6.45) is -0.308. The number of nitrogens with zero attached hydrogens (tertiary/aromatic N) is 3. The first-order valence-electron chi connectivity index (χ1n) is 9.48. The molecule has 0 spiro atoms. The predicted molar refractivity (Wildman–Crippen MR) is 111 cm³/mol. The van der Waals surface area contributed by atoms with Gasteiger partial charge >= 0.3 is 28.7 Å². The molecule has 34 heavy (non-hydrogen) atoms. The standard InChI is InChI=1S/C19H18N4O11/c24-11-3-1-10(2-4-11)7-12(19(29)30)20-18(28)13(5-6-16(25)26)21-8-14(22(31)32)17(27)15(9-21)23(33)34/h1-4,8-9,12-13,24H,5-7H2,(H,20,28)(H,25,26)(H,29,30)/t12-,13-/m0/s1. The summed E-state index contributed by atoms with van der Waals surface area (Å²) in [5.74, 6) is -3.99. The fourth-order valence-corrected chi connectivity index (χ4v) is 3.02. The number of carbonyl (C=O) groups excluding carboxylic acids is 1. The lowest BCUT2D eigenvalue weighted by atomic mass is 10.0. The van der Waals surface area contributed by atoms with Gasteiger partial charge in [-0.2, -0.15) is 0 Å². The van der Waals surface area contributed by atoms with Crippen molar-refractivity contribution < 1.29 is 39.5 Å². The third-order valence-corrected chi connectivity index (χ3v) is 4.69. The molecule has 1 heterocycles. The summed E-state index contributed by atoms with van der Waals surface area (Å²) in [6.45, 7) is 0. The predicted octanol–water partition coefficient (Wildman–Crippen LogP) is 0.588. The van der Waals surface area contributed by atoms with Crippen LogP contribution in [0.3, 0.4) is 0 Å². The largest absolute Gasteiger partial charge is 0.508 e. The van der Waals surface area contributed by atoms with Gasteiger partial charge in [0, 0.05) is 12.8 Å². The number of amides is 1. The Hall–Kier alpha value is -4.82. The van der Waals surface area contributed by atoms with Crippen molar-refractivity contribution in [2.75, 3.05) is 0 Å². The molecular formula is C19H18N4O11. The second-order valence-electron chi connectivity index (χ2n) is 7.04. The second kappa shape index (κ2) is 10.7. The molecule has 15 nitrogen and oxygen atoms in total. The molecule has 1 aromatic heterocycles. The minimum absolute atomic E-state index is 0.0743. The van der Waals surface area contributed by atoms with E-state index in [0.29, 0.717) is 22.5 Å². The fourth-order valence-electron chi connectivity index (χ4n) is 3.02. The van der Waals surface area contributed by atoms with Gasteiger partial charge < -0.3 is 25.2 Å². The average molecular weight is 478 g/mol. The lowest BCUT2D eigenvalue weighted by Crippen LogP contribution is -2.45. The van der Waals surface area contributed by atoms with Crippen LogP contribution in [-0.2, 0) is 20.8 Å². The summed E-state index contributed by atoms with van der Waals surface area (Å²) in [7, 11) is 0. The normalized spacial score (nSPS) is 12.4. The van der Waals surface area contributed by atoms with Gasteiger partial charge in [-0.1, -0.05) is 12.1 Å². The molecule has 0 radical (unpaired) electrons. The lowest BCUT2D eigenvalue weighted by molar-refractivity contribution is -0.397. The Balaban J connectivity index is 2.45. The summed E-state index contributed by atoms with van der Waals surface area (Å²) in [4.78, 5) is 67.6. The van der Waals surface area contributed by atoms with Gasteiger partial charge in [0.2, 0.25) is 5.91 Å². The van der Waals surface area contributed by atoms with Crippen LogP contribution in [0.5, 0.6) is 5.75 Å². The lowest BCUT2D eigenvalue weighted by Gasteiger charge is -2.22. The summed E-state index contributed by atoms with van der Waals surface area (Å²) in [5, 5.41) is 52.4. The number of pyridine rings is 1. The summed E-state index contributed by atoms with van der Waals surface area (Å²) >= 11 is 0. The molecule has 0 aliphatic heterocycles. The number of aliphatic carboxylic acids is 2. The second-order valence-corrected chi connectivity index (χ2v) is 7.04. The van der Waals surface area contributed by atoms with Gasteiger partial charge in [-0.15, -0.1) is 0 Å². The van der Waals surface area contributed by atoms with Crippen molar-refractivity contribution in [3.63, 3.8) is 0 Å². The zero-order chi connectivity index (χ0) is 25.6. The number of carboxylic acids is 2. The third-order valence-electron chi connectivity index (χ3n) is 4.69. The van der Waals surface area contributed by atoms with Crippen LogP contribution in [0.2, 0.25) is 0 Å². The molecule has 1 amide bonds. The molecular weight excluding hydrogens is 460 g/mol. The van der Waals surface area contributed by atoms with Crippen LogP contribution in [-0.4, -0.2) is 53.6 Å². The minimum Gasteiger partial charge on any atom is -0.508 e. The fraction of sp³-hybridized carbons (Fsp3) is 0.263. The van der Waals surface area contributed by atoms with Crippen molar-refractivity contribution in [2.24, 2.45) is 0 Å². The van der Waals surface area contributed by atoms with Crippen LogP contribution in [0.15, 0.2) is 41.5 Å². The Morgan fingerprint density at radius 1 is 1.00 bits per heavy atom. The number of nitrogens with one attached hydrogen (secondary N) is 1. The Bertz CT molecular complexity index is 1150. The van der Waals surface area contributed by atoms with Crippen LogP contribution in [0.4, 0.5) is 11.4 Å². The third kappa shape index (κ3) is 6.35. The van der Waals surface area contributed by atoms with Crippen molar-refractivity contribution in [1.82, 2.24) is 9.88 Å². The maximum absolute atomic E-state index is 12.9. The van der Waals surface area contributed by atoms with Crippen LogP contribution < -0.4 is 10.7 Å². The number of hydrogen-bond donors (Lipinski definition) is 4. The molecule has 4 N–H and O–H groups in total. The minimum atomic E-state index is -1.63. The van der Waals surface area contributed by atoms with E-state index in [-0.39, 0.29) is 12.2 Å². The van der Waals surface area contributed by atoms with Crippen molar-refractivity contribution >= 4 is 29.2 Å². The molecule has 2 rings (SSSR count). The topological polar surface area (TPSA) is 232 Å². The molecule has 15 heteroatoms. The van der Waals surface area contributed by atoms with E-state index in [1.54, 1.807) is 0 Å². The Morgan fingerprint density at radius 2 is 1.53 bits per heavy atom. The van der Waals surface area contributed by atoms with Crippen LogP contribution in [0, 0.1) is 20.2 Å². The molecule has 0 saturated carbocycles. The van der Waals surface area contributed by atoms with E-state index in [2.05, 4.69) is 5.32 Å². The van der Waals surface area contributed by atoms with Gasteiger partial charge in [-0.3, -0.25) is 34.6 Å². The maximum Gasteiger partial charge on any atom is 0.339 e. The Labute approximate surface area is 189 Å². The van der Waals surface area contributed by atoms with Crippen LogP contribution >= 0.6 is 0 Å². The molecule has 0 saturated heterocycles. The molecule has 2 aromatic rings. The first-order valence-corrected chi connectivity index (χ1v) is 9.48. The van der Waals surface area contributed by atoms with E-state index < -0.39 is 69.4 Å². The number of aromatic nitrogens is 1. The first-order chi connectivity index (χ1) is 15.9. The van der Waals surface area contributed by atoms with Crippen LogP contribution in [0.25, 0.3) is 0 Å². The molecule has 0 bridgehead atoms. The highest BCUT2D eigenvalue weighted by Crippen LogP contribution is 2.21. The number of benzene rings is 1. The number of hydrogen-bond acceptors (Lipinski definition) is 9. The van der Waals surface area contributed by atoms with E-state index in [9.17, 15) is 49.6 Å². The van der Waals surface area contributed by atoms with Gasteiger partial charge in [0.1, 0.15) is 17.8 Å². The number of nitro groups is 2. The van der Waals surface area contributed by atoms with Gasteiger partial charge in [0.05, 0.1) is 22.2 Å². The number of phenols is 1. The summed E-state index contributed by atoms with van der Waals surface area (Å²) < 4.78 is 0.648. The Kier molecular flexibility index (Phi) is 7.98. The van der Waals surface area contributed by atoms with Crippen molar-refractivity contribution in [3.8, 4) is 5.75 Å². The first kappa shape index (κ1) is 25.4. The quantitative estimate of drug-likeness (QED) is 0.258. The van der Waals surface area contributed by atoms with E-state index in [1.807, 2.05) is 0 Å². The van der Waals surface area contributed by atoms with E-state index in [1.165, 1.54) is 24.3 Å². The highest BCUT2D eigenvalue weighted by molar-refractivity contribution is 5.86. The molecule has 0 unspecified atom stereocenters. The summed E-state index contributed by atoms with van der Waals surface area (Å²) in [5.41, 5.74) is -3.54. The van der Waals surface area contributed by atoms with Crippen LogP contribution in [0.1, 0.15) is 24.4 Å². The molecule has 180 valence electrons. The van der Waals surface area contributed by atoms with E-state index >= 15 is 0 Å². The zero-order valence-corrected chi connectivity index (χ0v) is 17.2.